The topological polar surface area (TPSA) is 60.9 Å². The molecule has 2 N–H and O–H groups in total. The van der Waals surface area contributed by atoms with Crippen LogP contribution in [0, 0.1) is 0 Å². The monoisotopic (exact) mass is 167 g/mol. The van der Waals surface area contributed by atoms with Crippen molar-refractivity contribution >= 4 is 5.78 Å². The van der Waals surface area contributed by atoms with Gasteiger partial charge in [0.1, 0.15) is 5.69 Å². The fourth-order valence-corrected chi connectivity index (χ4v) is 1.01. The predicted molar refractivity (Wildman–Crippen MR) is 45.9 cm³/mol. The minimum atomic E-state index is -0.452. The van der Waals surface area contributed by atoms with E-state index in [1.807, 2.05) is 6.92 Å². The number of carbonyl (C=O) groups is 1. The van der Waals surface area contributed by atoms with Crippen LogP contribution >= 0.6 is 0 Å². The van der Waals surface area contributed by atoms with Gasteiger partial charge in [-0.15, -0.1) is 0 Å². The summed E-state index contributed by atoms with van der Waals surface area (Å²) < 4.78 is 1.78. The number of nitrogens with zero attached hydrogens (tertiary/aromatic N) is 2. The van der Waals surface area contributed by atoms with Crippen molar-refractivity contribution < 1.29 is 4.79 Å². The molecule has 0 radical (unpaired) electrons. The van der Waals surface area contributed by atoms with E-state index in [9.17, 15) is 4.79 Å². The lowest BCUT2D eigenvalue weighted by molar-refractivity contribution is 0.0959. The second kappa shape index (κ2) is 3.49. The maximum absolute atomic E-state index is 11.4. The largest absolute Gasteiger partial charge is 0.328 e. The van der Waals surface area contributed by atoms with Crippen molar-refractivity contribution in [3.05, 3.63) is 18.2 Å². The van der Waals surface area contributed by atoms with Gasteiger partial charge in [0.2, 0.25) is 0 Å². The van der Waals surface area contributed by atoms with Gasteiger partial charge in [-0.1, -0.05) is 0 Å². The van der Waals surface area contributed by atoms with Crippen molar-refractivity contribution in [2.75, 3.05) is 0 Å². The number of aryl methyl sites for hydroxylation is 1. The quantitative estimate of drug-likeness (QED) is 0.664. The molecular weight excluding hydrogens is 154 g/mol. The fourth-order valence-electron chi connectivity index (χ4n) is 1.01. The van der Waals surface area contributed by atoms with E-state index in [0.29, 0.717) is 5.69 Å². The van der Waals surface area contributed by atoms with E-state index in [-0.39, 0.29) is 5.78 Å². The molecule has 0 saturated carbocycles. The molecule has 0 saturated heterocycles. The first-order valence-electron chi connectivity index (χ1n) is 3.96. The Morgan fingerprint density at radius 1 is 1.83 bits per heavy atom. The lowest BCUT2D eigenvalue weighted by Gasteiger charge is -2.05. The molecule has 66 valence electrons. The summed E-state index contributed by atoms with van der Waals surface area (Å²) in [5, 5.41) is 0. The first-order chi connectivity index (χ1) is 5.66. The zero-order valence-corrected chi connectivity index (χ0v) is 7.32. The molecule has 4 nitrogen and oxygen atoms in total. The summed E-state index contributed by atoms with van der Waals surface area (Å²) in [7, 11) is 0. The number of aromatic nitrogens is 2. The van der Waals surface area contributed by atoms with Gasteiger partial charge < -0.3 is 10.3 Å². The maximum Gasteiger partial charge on any atom is 0.197 e. The Morgan fingerprint density at radius 3 is 3.00 bits per heavy atom. The molecule has 0 bridgehead atoms. The van der Waals surface area contributed by atoms with Crippen molar-refractivity contribution in [2.45, 2.75) is 26.4 Å². The van der Waals surface area contributed by atoms with E-state index in [4.69, 9.17) is 5.73 Å². The van der Waals surface area contributed by atoms with Crippen LogP contribution in [0.5, 0.6) is 0 Å². The van der Waals surface area contributed by atoms with Crippen LogP contribution in [0.2, 0.25) is 0 Å². The minimum absolute atomic E-state index is 0.0608. The van der Waals surface area contributed by atoms with Gasteiger partial charge in [0.25, 0.3) is 0 Å². The standard InChI is InChI=1S/C8H13N3O/c1-3-11-5-10-4-7(11)8(12)6(2)9/h4-6H,3,9H2,1-2H3. The molecule has 1 unspecified atom stereocenters. The second-order valence-electron chi connectivity index (χ2n) is 2.72. The van der Waals surface area contributed by atoms with Crippen molar-refractivity contribution in [3.63, 3.8) is 0 Å². The van der Waals surface area contributed by atoms with Gasteiger partial charge in [-0.05, 0) is 13.8 Å². The molecule has 4 heteroatoms. The Bertz CT molecular complexity index is 278. The number of ketones is 1. The third kappa shape index (κ3) is 1.53. The van der Waals surface area contributed by atoms with E-state index in [1.165, 1.54) is 0 Å². The van der Waals surface area contributed by atoms with Crippen LogP contribution in [-0.2, 0) is 6.54 Å². The Morgan fingerprint density at radius 2 is 2.50 bits per heavy atom. The van der Waals surface area contributed by atoms with Crippen molar-refractivity contribution in [2.24, 2.45) is 5.73 Å². The smallest absolute Gasteiger partial charge is 0.197 e. The van der Waals surface area contributed by atoms with Gasteiger partial charge in [-0.3, -0.25) is 4.79 Å². The van der Waals surface area contributed by atoms with Crippen LogP contribution < -0.4 is 5.73 Å². The highest BCUT2D eigenvalue weighted by atomic mass is 16.1. The first kappa shape index (κ1) is 8.93. The van der Waals surface area contributed by atoms with Crippen LogP contribution in [-0.4, -0.2) is 21.4 Å². The Balaban J connectivity index is 2.94. The number of Topliss-reactive ketones (excluding diaryl/α,β-unsaturated/α-hetero) is 1. The lowest BCUT2D eigenvalue weighted by Crippen LogP contribution is -2.28. The SMILES string of the molecule is CCn1cncc1C(=O)C(C)N. The molecule has 1 aromatic heterocycles. The molecule has 0 fully saturated rings. The number of rotatable bonds is 3. The Hall–Kier alpha value is -1.16. The number of hydrogen-bond donors (Lipinski definition) is 1. The molecule has 0 aromatic carbocycles. The second-order valence-corrected chi connectivity index (χ2v) is 2.72. The van der Waals surface area contributed by atoms with E-state index < -0.39 is 6.04 Å². The molecule has 1 aromatic rings. The Labute approximate surface area is 71.4 Å². The molecular formula is C8H13N3O. The zero-order chi connectivity index (χ0) is 9.14. The first-order valence-corrected chi connectivity index (χ1v) is 3.96. The van der Waals surface area contributed by atoms with Crippen molar-refractivity contribution in [3.8, 4) is 0 Å². The van der Waals surface area contributed by atoms with E-state index in [2.05, 4.69) is 4.98 Å². The third-order valence-electron chi connectivity index (χ3n) is 1.72. The molecule has 1 rings (SSSR count). The Kier molecular flexibility index (Phi) is 2.60. The average molecular weight is 167 g/mol. The summed E-state index contributed by atoms with van der Waals surface area (Å²) in [4.78, 5) is 15.3. The maximum atomic E-state index is 11.4. The molecule has 0 aliphatic carbocycles. The van der Waals surface area contributed by atoms with Gasteiger partial charge in [0.15, 0.2) is 5.78 Å². The van der Waals surface area contributed by atoms with Gasteiger partial charge >= 0.3 is 0 Å². The zero-order valence-electron chi connectivity index (χ0n) is 7.32. The minimum Gasteiger partial charge on any atom is -0.328 e. The van der Waals surface area contributed by atoms with Gasteiger partial charge in [-0.2, -0.15) is 0 Å². The summed E-state index contributed by atoms with van der Waals surface area (Å²) in [6.07, 6.45) is 3.19. The average Bonchev–Trinajstić information content (AvgIpc) is 2.49. The number of carbonyl (C=O) groups excluding carboxylic acids is 1. The van der Waals surface area contributed by atoms with E-state index in [0.717, 1.165) is 6.54 Å². The molecule has 1 atom stereocenters. The molecule has 0 amide bonds. The summed E-state index contributed by atoms with van der Waals surface area (Å²) in [6.45, 7) is 4.38. The molecule has 1 heterocycles. The molecule has 0 spiro atoms. The molecule has 0 aliphatic rings. The van der Waals surface area contributed by atoms with Crippen molar-refractivity contribution in [1.29, 1.82) is 0 Å². The van der Waals surface area contributed by atoms with Gasteiger partial charge in [-0.25, -0.2) is 4.98 Å². The highest BCUT2D eigenvalue weighted by Gasteiger charge is 2.14. The summed E-state index contributed by atoms with van der Waals surface area (Å²) in [5.41, 5.74) is 6.05. The molecule has 0 aliphatic heterocycles. The number of hydrogen-bond acceptors (Lipinski definition) is 3. The fraction of sp³-hybridized carbons (Fsp3) is 0.500. The molecule has 12 heavy (non-hydrogen) atoms. The van der Waals surface area contributed by atoms with Crippen LogP contribution in [0.4, 0.5) is 0 Å². The van der Waals surface area contributed by atoms with Crippen LogP contribution in [0.25, 0.3) is 0 Å². The van der Waals surface area contributed by atoms with Crippen LogP contribution in [0.1, 0.15) is 24.3 Å². The normalized spacial score (nSPS) is 12.9. The van der Waals surface area contributed by atoms with Crippen LogP contribution in [0.15, 0.2) is 12.5 Å². The highest BCUT2D eigenvalue weighted by molar-refractivity contribution is 5.98. The summed E-state index contributed by atoms with van der Waals surface area (Å²) >= 11 is 0. The van der Waals surface area contributed by atoms with Gasteiger partial charge in [0.05, 0.1) is 18.6 Å². The van der Waals surface area contributed by atoms with Gasteiger partial charge in [0, 0.05) is 6.54 Å². The van der Waals surface area contributed by atoms with E-state index >= 15 is 0 Å². The number of nitrogens with two attached hydrogens (primary N) is 1. The van der Waals surface area contributed by atoms with Crippen LogP contribution in [0.3, 0.4) is 0 Å². The van der Waals surface area contributed by atoms with Crippen molar-refractivity contribution in [1.82, 2.24) is 9.55 Å². The summed E-state index contributed by atoms with van der Waals surface area (Å²) in [5.74, 6) is -0.0608. The lowest BCUT2D eigenvalue weighted by atomic mass is 10.2. The number of imidazole rings is 1. The third-order valence-corrected chi connectivity index (χ3v) is 1.72. The van der Waals surface area contributed by atoms with E-state index in [1.54, 1.807) is 24.0 Å². The summed E-state index contributed by atoms with van der Waals surface area (Å²) in [6, 6.07) is -0.452. The predicted octanol–water partition coefficient (Wildman–Crippen LogP) is 0.433. The highest BCUT2D eigenvalue weighted by Crippen LogP contribution is 2.02.